The molecule has 0 saturated heterocycles. The van der Waals surface area contributed by atoms with Crippen LogP contribution in [0.3, 0.4) is 0 Å². The summed E-state index contributed by atoms with van der Waals surface area (Å²) in [5.41, 5.74) is 2.70. The minimum absolute atomic E-state index is 0.315. The van der Waals surface area contributed by atoms with Crippen molar-refractivity contribution in [2.24, 2.45) is 11.8 Å². The van der Waals surface area contributed by atoms with Crippen molar-refractivity contribution in [2.45, 2.75) is 19.4 Å². The highest BCUT2D eigenvalue weighted by atomic mass is 14.9. The topological polar surface area (TPSA) is 12.0 Å². The second-order valence-electron chi connectivity index (χ2n) is 5.64. The third-order valence-electron chi connectivity index (χ3n) is 4.13. The summed E-state index contributed by atoms with van der Waals surface area (Å²) in [6.45, 7) is 3.46. The zero-order valence-electron chi connectivity index (χ0n) is 11.4. The molecule has 0 radical (unpaired) electrons. The minimum Gasteiger partial charge on any atom is -0.306 e. The van der Waals surface area contributed by atoms with Crippen LogP contribution in [0.5, 0.6) is 0 Å². The van der Waals surface area contributed by atoms with E-state index in [0.29, 0.717) is 6.04 Å². The Hall–Kier alpha value is -1.60. The average Bonchev–Trinajstić information content (AvgIpc) is 3.17. The third-order valence-corrected chi connectivity index (χ3v) is 4.13. The van der Waals surface area contributed by atoms with Crippen molar-refractivity contribution in [2.75, 3.05) is 6.54 Å². The van der Waals surface area contributed by atoms with Crippen molar-refractivity contribution in [1.82, 2.24) is 5.32 Å². The van der Waals surface area contributed by atoms with E-state index in [1.54, 1.807) is 0 Å². The number of hydrogen-bond donors (Lipinski definition) is 1. The van der Waals surface area contributed by atoms with Gasteiger partial charge in [-0.05, 0) is 35.9 Å². The van der Waals surface area contributed by atoms with E-state index in [9.17, 15) is 0 Å². The van der Waals surface area contributed by atoms with Gasteiger partial charge in [-0.3, -0.25) is 0 Å². The summed E-state index contributed by atoms with van der Waals surface area (Å²) < 4.78 is 0. The molecule has 3 rings (SSSR count). The Balaban J connectivity index is 1.79. The first-order chi connectivity index (χ1) is 9.34. The molecule has 2 unspecified atom stereocenters. The monoisotopic (exact) mass is 251 g/mol. The van der Waals surface area contributed by atoms with Crippen LogP contribution in [-0.4, -0.2) is 6.54 Å². The van der Waals surface area contributed by atoms with Crippen molar-refractivity contribution >= 4 is 0 Å². The number of rotatable bonds is 5. The molecule has 1 N–H and O–H groups in total. The van der Waals surface area contributed by atoms with Gasteiger partial charge in [0.2, 0.25) is 0 Å². The summed E-state index contributed by atoms with van der Waals surface area (Å²) in [5.74, 6) is 1.77. The lowest BCUT2D eigenvalue weighted by Gasteiger charge is -2.20. The summed E-state index contributed by atoms with van der Waals surface area (Å²) in [5, 5.41) is 3.74. The van der Waals surface area contributed by atoms with Crippen LogP contribution < -0.4 is 5.32 Å². The first-order valence-electron chi connectivity index (χ1n) is 7.18. The molecular weight excluding hydrogens is 230 g/mol. The molecule has 1 saturated carbocycles. The van der Waals surface area contributed by atoms with Crippen molar-refractivity contribution in [1.29, 1.82) is 0 Å². The van der Waals surface area contributed by atoms with Gasteiger partial charge in [-0.2, -0.15) is 0 Å². The van der Waals surface area contributed by atoms with Gasteiger partial charge in [0, 0.05) is 0 Å². The van der Waals surface area contributed by atoms with Gasteiger partial charge in [0.15, 0.2) is 0 Å². The normalized spacial score (nSPS) is 21.6. The Labute approximate surface area is 115 Å². The lowest BCUT2D eigenvalue weighted by atomic mass is 9.98. The molecule has 2 aromatic rings. The van der Waals surface area contributed by atoms with E-state index >= 15 is 0 Å². The maximum atomic E-state index is 3.74. The summed E-state index contributed by atoms with van der Waals surface area (Å²) in [6, 6.07) is 21.8. The molecule has 0 spiro atoms. The summed E-state index contributed by atoms with van der Waals surface area (Å²) >= 11 is 0. The summed E-state index contributed by atoms with van der Waals surface area (Å²) in [7, 11) is 0. The van der Waals surface area contributed by atoms with E-state index in [2.05, 4.69) is 72.9 Å². The van der Waals surface area contributed by atoms with Crippen molar-refractivity contribution in [3.05, 3.63) is 71.8 Å². The molecule has 1 heteroatoms. The van der Waals surface area contributed by atoms with Crippen LogP contribution in [0.4, 0.5) is 0 Å². The van der Waals surface area contributed by atoms with Gasteiger partial charge < -0.3 is 5.32 Å². The Morgan fingerprint density at radius 1 is 0.947 bits per heavy atom. The third kappa shape index (κ3) is 3.05. The molecule has 0 aromatic heterocycles. The van der Waals surface area contributed by atoms with Crippen LogP contribution in [0.2, 0.25) is 0 Å². The highest BCUT2D eigenvalue weighted by molar-refractivity contribution is 5.31. The van der Waals surface area contributed by atoms with Crippen LogP contribution >= 0.6 is 0 Å². The quantitative estimate of drug-likeness (QED) is 0.846. The van der Waals surface area contributed by atoms with Gasteiger partial charge in [-0.1, -0.05) is 67.6 Å². The molecule has 1 aliphatic rings. The fraction of sp³-hybridized carbons (Fsp3) is 0.333. The van der Waals surface area contributed by atoms with Crippen LogP contribution in [0.25, 0.3) is 0 Å². The van der Waals surface area contributed by atoms with Crippen molar-refractivity contribution in [3.8, 4) is 0 Å². The molecule has 1 aliphatic carbocycles. The highest BCUT2D eigenvalue weighted by Crippen LogP contribution is 2.37. The molecule has 1 fully saturated rings. The number of nitrogens with one attached hydrogen (secondary N) is 1. The predicted octanol–water partition coefficient (Wildman–Crippen LogP) is 4.02. The summed E-state index contributed by atoms with van der Waals surface area (Å²) in [4.78, 5) is 0. The van der Waals surface area contributed by atoms with Crippen LogP contribution in [0.1, 0.15) is 30.5 Å². The largest absolute Gasteiger partial charge is 0.306 e. The van der Waals surface area contributed by atoms with E-state index in [1.165, 1.54) is 17.5 Å². The van der Waals surface area contributed by atoms with Gasteiger partial charge in [-0.25, -0.2) is 0 Å². The molecule has 0 bridgehead atoms. The first-order valence-corrected chi connectivity index (χ1v) is 7.18. The Morgan fingerprint density at radius 3 is 1.84 bits per heavy atom. The maximum Gasteiger partial charge on any atom is 0.0576 e. The Bertz CT molecular complexity index is 466. The molecule has 19 heavy (non-hydrogen) atoms. The minimum atomic E-state index is 0.315. The zero-order valence-corrected chi connectivity index (χ0v) is 11.4. The molecule has 0 amide bonds. The highest BCUT2D eigenvalue weighted by Gasteiger charge is 2.32. The zero-order chi connectivity index (χ0) is 13.1. The molecule has 0 aliphatic heterocycles. The lowest BCUT2D eigenvalue weighted by molar-refractivity contribution is 0.557. The van der Waals surface area contributed by atoms with E-state index in [1.807, 2.05) is 0 Å². The Morgan fingerprint density at radius 2 is 1.42 bits per heavy atom. The molecule has 1 nitrogen and oxygen atoms in total. The van der Waals surface area contributed by atoms with Gasteiger partial charge >= 0.3 is 0 Å². The second-order valence-corrected chi connectivity index (χ2v) is 5.64. The summed E-state index contributed by atoms with van der Waals surface area (Å²) in [6.07, 6.45) is 1.38. The SMILES string of the molecule is CC1CC1CNC(c1ccccc1)c1ccccc1. The van der Waals surface area contributed by atoms with Gasteiger partial charge in [0.05, 0.1) is 6.04 Å². The second kappa shape index (κ2) is 5.58. The van der Waals surface area contributed by atoms with Crippen LogP contribution in [0.15, 0.2) is 60.7 Å². The van der Waals surface area contributed by atoms with Crippen LogP contribution in [0, 0.1) is 11.8 Å². The van der Waals surface area contributed by atoms with E-state index in [0.717, 1.165) is 18.4 Å². The number of benzene rings is 2. The van der Waals surface area contributed by atoms with Crippen LogP contribution in [-0.2, 0) is 0 Å². The van der Waals surface area contributed by atoms with Gasteiger partial charge in [-0.15, -0.1) is 0 Å². The molecule has 2 aromatic carbocycles. The van der Waals surface area contributed by atoms with Crippen molar-refractivity contribution < 1.29 is 0 Å². The molecule has 0 heterocycles. The lowest BCUT2D eigenvalue weighted by Crippen LogP contribution is -2.24. The van der Waals surface area contributed by atoms with Crippen molar-refractivity contribution in [3.63, 3.8) is 0 Å². The van der Waals surface area contributed by atoms with E-state index in [4.69, 9.17) is 0 Å². The first kappa shape index (κ1) is 12.4. The fourth-order valence-corrected chi connectivity index (χ4v) is 2.67. The van der Waals surface area contributed by atoms with Gasteiger partial charge in [0.25, 0.3) is 0 Å². The Kier molecular flexibility index (Phi) is 3.65. The van der Waals surface area contributed by atoms with E-state index in [-0.39, 0.29) is 0 Å². The predicted molar refractivity (Wildman–Crippen MR) is 80.0 cm³/mol. The maximum absolute atomic E-state index is 3.74. The average molecular weight is 251 g/mol. The fourth-order valence-electron chi connectivity index (χ4n) is 2.67. The molecule has 98 valence electrons. The molecular formula is C18H21N. The number of hydrogen-bond acceptors (Lipinski definition) is 1. The van der Waals surface area contributed by atoms with Gasteiger partial charge in [0.1, 0.15) is 0 Å². The smallest absolute Gasteiger partial charge is 0.0576 e. The standard InChI is InChI=1S/C18H21N/c1-14-12-17(14)13-19-18(15-8-4-2-5-9-15)16-10-6-3-7-11-16/h2-11,14,17-19H,12-13H2,1H3. The van der Waals surface area contributed by atoms with E-state index < -0.39 is 0 Å². The molecule has 2 atom stereocenters.